The molecule has 15 heavy (non-hydrogen) atoms. The van der Waals surface area contributed by atoms with Crippen molar-refractivity contribution >= 4 is 29.1 Å². The summed E-state index contributed by atoms with van der Waals surface area (Å²) in [5, 5.41) is 14.0. The Morgan fingerprint density at radius 1 is 1.73 bits per heavy atom. The molecule has 0 fully saturated rings. The minimum Gasteiger partial charge on any atom is -0.480 e. The number of hydrogen-bond donors (Lipinski definition) is 2. The van der Waals surface area contributed by atoms with Gasteiger partial charge in [0.15, 0.2) is 0 Å². The quantitative estimate of drug-likeness (QED) is 0.772. The molecule has 0 aliphatic rings. The van der Waals surface area contributed by atoms with E-state index in [1.54, 1.807) is 23.1 Å². The first-order valence-electron chi connectivity index (χ1n) is 4.71. The lowest BCUT2D eigenvalue weighted by Gasteiger charge is -2.12. The van der Waals surface area contributed by atoms with E-state index < -0.39 is 12.0 Å². The molecule has 1 atom stereocenters. The number of thiophene rings is 1. The van der Waals surface area contributed by atoms with E-state index in [-0.39, 0.29) is 0 Å². The molecule has 1 aromatic rings. The molecule has 84 valence electrons. The molecule has 5 heteroatoms. The second-order valence-corrected chi connectivity index (χ2v) is 5.15. The Hall–Kier alpha value is -0.520. The van der Waals surface area contributed by atoms with E-state index in [1.807, 2.05) is 23.8 Å². The van der Waals surface area contributed by atoms with E-state index in [1.165, 1.54) is 4.88 Å². The van der Waals surface area contributed by atoms with Gasteiger partial charge < -0.3 is 5.11 Å². The summed E-state index contributed by atoms with van der Waals surface area (Å²) < 4.78 is 0. The summed E-state index contributed by atoms with van der Waals surface area (Å²) in [5.41, 5.74) is 0. The highest BCUT2D eigenvalue weighted by atomic mass is 32.2. The Morgan fingerprint density at radius 3 is 3.07 bits per heavy atom. The van der Waals surface area contributed by atoms with Gasteiger partial charge in [-0.25, -0.2) is 0 Å². The lowest BCUT2D eigenvalue weighted by atomic mass is 10.2. The van der Waals surface area contributed by atoms with Crippen LogP contribution >= 0.6 is 23.1 Å². The van der Waals surface area contributed by atoms with Gasteiger partial charge in [-0.15, -0.1) is 11.3 Å². The third-order valence-electron chi connectivity index (χ3n) is 2.01. The maximum atomic E-state index is 10.9. The molecule has 1 heterocycles. The molecule has 1 aromatic heterocycles. The van der Waals surface area contributed by atoms with Crippen molar-refractivity contribution < 1.29 is 9.90 Å². The fourth-order valence-electron chi connectivity index (χ4n) is 1.19. The van der Waals surface area contributed by atoms with Crippen molar-refractivity contribution in [3.8, 4) is 0 Å². The van der Waals surface area contributed by atoms with Crippen LogP contribution in [0.5, 0.6) is 0 Å². The Kier molecular flexibility index (Phi) is 5.75. The first kappa shape index (κ1) is 12.5. The van der Waals surface area contributed by atoms with Crippen molar-refractivity contribution in [2.45, 2.75) is 19.0 Å². The van der Waals surface area contributed by atoms with Gasteiger partial charge in [0.2, 0.25) is 0 Å². The fourth-order valence-corrected chi connectivity index (χ4v) is 2.31. The zero-order chi connectivity index (χ0) is 11.1. The van der Waals surface area contributed by atoms with Crippen LogP contribution in [0.25, 0.3) is 0 Å². The van der Waals surface area contributed by atoms with Gasteiger partial charge in [-0.2, -0.15) is 11.8 Å². The van der Waals surface area contributed by atoms with Crippen LogP contribution in [0.3, 0.4) is 0 Å². The Labute approximate surface area is 97.9 Å². The summed E-state index contributed by atoms with van der Waals surface area (Å²) in [6.07, 6.45) is 2.65. The van der Waals surface area contributed by atoms with Gasteiger partial charge in [0.25, 0.3) is 0 Å². The van der Waals surface area contributed by atoms with E-state index in [0.717, 1.165) is 5.75 Å². The Bertz CT molecular complexity index is 288. The van der Waals surface area contributed by atoms with Crippen molar-refractivity contribution in [3.05, 3.63) is 22.4 Å². The summed E-state index contributed by atoms with van der Waals surface area (Å²) in [5.74, 6) is 0.106. The monoisotopic (exact) mass is 245 g/mol. The lowest BCUT2D eigenvalue weighted by Crippen LogP contribution is -2.36. The minimum atomic E-state index is -0.763. The van der Waals surface area contributed by atoms with Crippen LogP contribution in [0, 0.1) is 0 Å². The number of thioether (sulfide) groups is 1. The first-order valence-corrected chi connectivity index (χ1v) is 6.99. The highest BCUT2D eigenvalue weighted by molar-refractivity contribution is 7.98. The van der Waals surface area contributed by atoms with Crippen molar-refractivity contribution in [3.63, 3.8) is 0 Å². The number of carboxylic acids is 1. The predicted molar refractivity (Wildman–Crippen MR) is 65.6 cm³/mol. The van der Waals surface area contributed by atoms with Crippen LogP contribution in [0.1, 0.15) is 11.3 Å². The number of rotatable bonds is 7. The maximum Gasteiger partial charge on any atom is 0.320 e. The van der Waals surface area contributed by atoms with E-state index in [0.29, 0.717) is 13.0 Å². The molecule has 0 saturated carbocycles. The zero-order valence-electron chi connectivity index (χ0n) is 8.60. The molecule has 0 aromatic carbocycles. The number of nitrogens with one attached hydrogen (secondary N) is 1. The molecule has 0 bridgehead atoms. The number of hydrogen-bond acceptors (Lipinski definition) is 4. The minimum absolute atomic E-state index is 0.431. The van der Waals surface area contributed by atoms with Crippen LogP contribution in [0.4, 0.5) is 0 Å². The summed E-state index contributed by atoms with van der Waals surface area (Å²) in [6.45, 7) is 0.642. The van der Waals surface area contributed by atoms with Crippen LogP contribution in [-0.4, -0.2) is 29.1 Å². The summed E-state index contributed by atoms with van der Waals surface area (Å²) >= 11 is 3.31. The average molecular weight is 245 g/mol. The zero-order valence-corrected chi connectivity index (χ0v) is 10.2. The van der Waals surface area contributed by atoms with E-state index >= 15 is 0 Å². The van der Waals surface area contributed by atoms with Crippen molar-refractivity contribution in [1.29, 1.82) is 0 Å². The van der Waals surface area contributed by atoms with Gasteiger partial charge in [0, 0.05) is 11.4 Å². The molecule has 0 saturated heterocycles. The lowest BCUT2D eigenvalue weighted by molar-refractivity contribution is -0.139. The molecule has 0 radical (unpaired) electrons. The van der Waals surface area contributed by atoms with E-state index in [9.17, 15) is 4.79 Å². The van der Waals surface area contributed by atoms with Gasteiger partial charge in [0.1, 0.15) is 6.04 Å². The molecule has 0 spiro atoms. The molecule has 0 aliphatic heterocycles. The van der Waals surface area contributed by atoms with E-state index in [4.69, 9.17) is 5.11 Å². The van der Waals surface area contributed by atoms with Gasteiger partial charge in [-0.1, -0.05) is 6.07 Å². The third-order valence-corrected chi connectivity index (χ3v) is 3.53. The first-order chi connectivity index (χ1) is 7.24. The average Bonchev–Trinajstić information content (AvgIpc) is 2.70. The number of aliphatic carboxylic acids is 1. The molecular weight excluding hydrogens is 230 g/mol. The predicted octanol–water partition coefficient (Wildman–Crippen LogP) is 2.04. The smallest absolute Gasteiger partial charge is 0.320 e. The summed E-state index contributed by atoms with van der Waals surface area (Å²) in [7, 11) is 0. The summed E-state index contributed by atoms with van der Waals surface area (Å²) in [6, 6.07) is 3.55. The summed E-state index contributed by atoms with van der Waals surface area (Å²) in [4.78, 5) is 12.1. The Morgan fingerprint density at radius 2 is 2.53 bits per heavy atom. The van der Waals surface area contributed by atoms with Gasteiger partial charge in [0.05, 0.1) is 0 Å². The SMILES string of the molecule is CSCC[C@@H](NCc1cccs1)C(=O)O. The third kappa shape index (κ3) is 4.68. The van der Waals surface area contributed by atoms with Crippen molar-refractivity contribution in [2.24, 2.45) is 0 Å². The molecule has 0 aliphatic carbocycles. The van der Waals surface area contributed by atoms with E-state index in [2.05, 4.69) is 5.32 Å². The van der Waals surface area contributed by atoms with Crippen LogP contribution < -0.4 is 5.32 Å². The molecule has 2 N–H and O–H groups in total. The van der Waals surface area contributed by atoms with Gasteiger partial charge in [-0.05, 0) is 29.9 Å². The second-order valence-electron chi connectivity index (χ2n) is 3.13. The fraction of sp³-hybridized carbons (Fsp3) is 0.500. The normalized spacial score (nSPS) is 12.6. The maximum absolute atomic E-state index is 10.9. The van der Waals surface area contributed by atoms with Crippen LogP contribution in [0.15, 0.2) is 17.5 Å². The van der Waals surface area contributed by atoms with Gasteiger partial charge >= 0.3 is 5.97 Å². The standard InChI is InChI=1S/C10H15NO2S2/c1-14-6-4-9(10(12)13)11-7-8-3-2-5-15-8/h2-3,5,9,11H,4,6-7H2,1H3,(H,12,13)/t9-/m1/s1. The topological polar surface area (TPSA) is 49.3 Å². The van der Waals surface area contributed by atoms with Crippen molar-refractivity contribution in [1.82, 2.24) is 5.32 Å². The largest absolute Gasteiger partial charge is 0.480 e. The highest BCUT2D eigenvalue weighted by Crippen LogP contribution is 2.09. The van der Waals surface area contributed by atoms with Gasteiger partial charge in [-0.3, -0.25) is 10.1 Å². The second kappa shape index (κ2) is 6.87. The van der Waals surface area contributed by atoms with Crippen LogP contribution in [-0.2, 0) is 11.3 Å². The molecule has 3 nitrogen and oxygen atoms in total. The molecule has 1 rings (SSSR count). The molecule has 0 amide bonds. The number of carbonyl (C=O) groups is 1. The molecule has 0 unspecified atom stereocenters. The number of carboxylic acid groups (broad SMARTS) is 1. The Balaban J connectivity index is 2.34. The molecular formula is C10H15NO2S2. The van der Waals surface area contributed by atoms with Crippen LogP contribution in [0.2, 0.25) is 0 Å². The van der Waals surface area contributed by atoms with Crippen molar-refractivity contribution in [2.75, 3.05) is 12.0 Å². The highest BCUT2D eigenvalue weighted by Gasteiger charge is 2.15.